The van der Waals surface area contributed by atoms with Crippen LogP contribution in [0.3, 0.4) is 0 Å². The molecular formula is C28H24O4. The van der Waals surface area contributed by atoms with Gasteiger partial charge >= 0.3 is 0 Å². The molecule has 4 aromatic carbocycles. The average Bonchev–Trinajstić information content (AvgIpc) is 2.87. The summed E-state index contributed by atoms with van der Waals surface area (Å²) in [5.41, 5.74) is 4.59. The fraction of sp³-hybridized carbons (Fsp3) is 0.143. The van der Waals surface area contributed by atoms with Crippen LogP contribution in [0.4, 0.5) is 0 Å². The Morgan fingerprint density at radius 1 is 0.438 bits per heavy atom. The highest BCUT2D eigenvalue weighted by molar-refractivity contribution is 5.64. The molecule has 5 rings (SSSR count). The van der Waals surface area contributed by atoms with Gasteiger partial charge in [0.25, 0.3) is 12.6 Å². The summed E-state index contributed by atoms with van der Waals surface area (Å²) in [7, 11) is 0. The third-order valence-corrected chi connectivity index (χ3v) is 5.30. The monoisotopic (exact) mass is 424 g/mol. The second-order valence-electron chi connectivity index (χ2n) is 7.49. The molecular weight excluding hydrogens is 400 g/mol. The zero-order valence-electron chi connectivity index (χ0n) is 17.6. The van der Waals surface area contributed by atoms with Crippen molar-refractivity contribution in [3.05, 3.63) is 109 Å². The Labute approximate surface area is 188 Å². The van der Waals surface area contributed by atoms with Gasteiger partial charge in [0, 0.05) is 0 Å². The number of rotatable bonds is 6. The van der Waals surface area contributed by atoms with Crippen LogP contribution >= 0.6 is 0 Å². The van der Waals surface area contributed by atoms with E-state index in [1.165, 1.54) is 0 Å². The van der Waals surface area contributed by atoms with E-state index in [0.717, 1.165) is 22.3 Å². The van der Waals surface area contributed by atoms with Crippen LogP contribution in [0.25, 0.3) is 22.3 Å². The Morgan fingerprint density at radius 3 is 1.16 bits per heavy atom. The van der Waals surface area contributed by atoms with Gasteiger partial charge in [-0.1, -0.05) is 84.9 Å². The van der Waals surface area contributed by atoms with E-state index in [0.29, 0.717) is 24.7 Å². The molecule has 2 atom stereocenters. The zero-order valence-corrected chi connectivity index (χ0v) is 17.6. The van der Waals surface area contributed by atoms with E-state index < -0.39 is 12.6 Å². The largest absolute Gasteiger partial charge is 0.458 e. The molecule has 1 aliphatic heterocycles. The Morgan fingerprint density at radius 2 is 0.781 bits per heavy atom. The van der Waals surface area contributed by atoms with Crippen LogP contribution < -0.4 is 9.47 Å². The van der Waals surface area contributed by atoms with Gasteiger partial charge in [-0.25, -0.2) is 0 Å². The smallest absolute Gasteiger partial charge is 0.263 e. The van der Waals surface area contributed by atoms with Crippen LogP contribution in [-0.4, -0.2) is 25.8 Å². The van der Waals surface area contributed by atoms with Gasteiger partial charge in [0.2, 0.25) is 0 Å². The molecule has 4 aromatic rings. The van der Waals surface area contributed by atoms with Crippen molar-refractivity contribution in [3.63, 3.8) is 0 Å². The molecule has 0 aliphatic carbocycles. The van der Waals surface area contributed by atoms with Crippen LogP contribution in [0, 0.1) is 0 Å². The number of hydrogen-bond donors (Lipinski definition) is 0. The van der Waals surface area contributed by atoms with E-state index in [9.17, 15) is 0 Å². The minimum atomic E-state index is -0.653. The number of ether oxygens (including phenoxy) is 4. The second kappa shape index (κ2) is 9.69. The molecule has 4 nitrogen and oxygen atoms in total. The first-order valence-corrected chi connectivity index (χ1v) is 10.7. The topological polar surface area (TPSA) is 36.9 Å². The third kappa shape index (κ3) is 4.83. The van der Waals surface area contributed by atoms with Gasteiger partial charge in [0.1, 0.15) is 11.5 Å². The van der Waals surface area contributed by atoms with Crippen molar-refractivity contribution in [2.24, 2.45) is 0 Å². The predicted octanol–water partition coefficient (Wildman–Crippen LogP) is 6.18. The highest BCUT2D eigenvalue weighted by Crippen LogP contribution is 2.27. The van der Waals surface area contributed by atoms with E-state index >= 15 is 0 Å². The van der Waals surface area contributed by atoms with E-state index in [1.54, 1.807) is 0 Å². The Hall–Kier alpha value is -3.60. The summed E-state index contributed by atoms with van der Waals surface area (Å²) >= 11 is 0. The molecule has 0 aromatic heterocycles. The van der Waals surface area contributed by atoms with Crippen LogP contribution in [0.5, 0.6) is 11.5 Å². The first-order chi connectivity index (χ1) is 15.8. The number of benzene rings is 4. The molecule has 1 fully saturated rings. The third-order valence-electron chi connectivity index (χ3n) is 5.30. The first-order valence-electron chi connectivity index (χ1n) is 10.7. The molecule has 0 amide bonds. The van der Waals surface area contributed by atoms with E-state index in [1.807, 2.05) is 84.9 Å². The summed E-state index contributed by atoms with van der Waals surface area (Å²) < 4.78 is 23.7. The first kappa shape index (κ1) is 20.3. The highest BCUT2D eigenvalue weighted by atomic mass is 16.8. The van der Waals surface area contributed by atoms with Crippen LogP contribution in [0.15, 0.2) is 109 Å². The van der Waals surface area contributed by atoms with Crippen LogP contribution in [0.1, 0.15) is 0 Å². The summed E-state index contributed by atoms with van der Waals surface area (Å²) in [6, 6.07) is 36.4. The molecule has 0 N–H and O–H groups in total. The van der Waals surface area contributed by atoms with E-state index in [2.05, 4.69) is 24.3 Å². The Bertz CT molecular complexity index is 1020. The van der Waals surface area contributed by atoms with E-state index in [-0.39, 0.29) is 0 Å². The maximum absolute atomic E-state index is 6.05. The molecule has 160 valence electrons. The molecule has 0 unspecified atom stereocenters. The van der Waals surface area contributed by atoms with Gasteiger partial charge in [-0.2, -0.15) is 0 Å². The lowest BCUT2D eigenvalue weighted by Crippen LogP contribution is -2.45. The normalized spacial score (nSPS) is 18.1. The fourth-order valence-electron chi connectivity index (χ4n) is 3.65. The van der Waals surface area contributed by atoms with Gasteiger partial charge < -0.3 is 18.9 Å². The summed E-state index contributed by atoms with van der Waals surface area (Å²) in [4.78, 5) is 0. The van der Waals surface area contributed by atoms with Crippen molar-refractivity contribution in [1.82, 2.24) is 0 Å². The molecule has 0 radical (unpaired) electrons. The Balaban J connectivity index is 1.25. The quantitative estimate of drug-likeness (QED) is 0.370. The molecule has 1 aliphatic rings. The standard InChI is InChI=1S/C28H24O4/c1-3-7-21(8-4-1)23-11-15-25(16-12-23)31-27-28(30-20-19-29-27)32-26-17-13-24(14-18-26)22-9-5-2-6-10-22/h1-18,27-28H,19-20H2/t27-,28+. The molecule has 0 saturated carbocycles. The summed E-state index contributed by atoms with van der Waals surface area (Å²) in [5, 5.41) is 0. The van der Waals surface area contributed by atoms with Crippen LogP contribution in [-0.2, 0) is 9.47 Å². The molecule has 0 bridgehead atoms. The van der Waals surface area contributed by atoms with Crippen molar-refractivity contribution in [2.75, 3.05) is 13.2 Å². The minimum absolute atomic E-state index is 0.458. The van der Waals surface area contributed by atoms with Crippen molar-refractivity contribution in [3.8, 4) is 33.8 Å². The molecule has 0 spiro atoms. The summed E-state index contributed by atoms with van der Waals surface area (Å²) in [6.45, 7) is 0.916. The highest BCUT2D eigenvalue weighted by Gasteiger charge is 2.31. The minimum Gasteiger partial charge on any atom is -0.458 e. The summed E-state index contributed by atoms with van der Waals surface area (Å²) in [5.74, 6) is 1.40. The number of hydrogen-bond acceptors (Lipinski definition) is 4. The molecule has 4 heteroatoms. The van der Waals surface area contributed by atoms with Crippen LogP contribution in [0.2, 0.25) is 0 Å². The molecule has 32 heavy (non-hydrogen) atoms. The zero-order chi connectivity index (χ0) is 21.6. The Kier molecular flexibility index (Phi) is 6.15. The van der Waals surface area contributed by atoms with Crippen molar-refractivity contribution >= 4 is 0 Å². The van der Waals surface area contributed by atoms with Gasteiger partial charge in [-0.15, -0.1) is 0 Å². The van der Waals surface area contributed by atoms with Gasteiger partial charge in [-0.3, -0.25) is 0 Å². The second-order valence-corrected chi connectivity index (χ2v) is 7.49. The maximum atomic E-state index is 6.05. The lowest BCUT2D eigenvalue weighted by molar-refractivity contribution is -0.271. The van der Waals surface area contributed by atoms with Gasteiger partial charge in [-0.05, 0) is 46.5 Å². The predicted molar refractivity (Wildman–Crippen MR) is 124 cm³/mol. The SMILES string of the molecule is c1ccc(-c2ccc(O[C@H]3OCCO[C@H]3Oc3ccc(-c4ccccc4)cc3)cc2)cc1. The molecule has 1 heterocycles. The summed E-state index contributed by atoms with van der Waals surface area (Å²) in [6.07, 6.45) is -1.31. The fourth-order valence-corrected chi connectivity index (χ4v) is 3.65. The lowest BCUT2D eigenvalue weighted by atomic mass is 10.1. The van der Waals surface area contributed by atoms with Gasteiger partial charge in [0.05, 0.1) is 13.2 Å². The van der Waals surface area contributed by atoms with E-state index in [4.69, 9.17) is 18.9 Å². The van der Waals surface area contributed by atoms with Crippen molar-refractivity contribution < 1.29 is 18.9 Å². The van der Waals surface area contributed by atoms with Crippen molar-refractivity contribution in [2.45, 2.75) is 12.6 Å². The van der Waals surface area contributed by atoms with Crippen molar-refractivity contribution in [1.29, 1.82) is 0 Å². The average molecular weight is 424 g/mol. The van der Waals surface area contributed by atoms with Gasteiger partial charge in [0.15, 0.2) is 0 Å². The lowest BCUT2D eigenvalue weighted by Gasteiger charge is -2.31. The maximum Gasteiger partial charge on any atom is 0.263 e. The molecule has 1 saturated heterocycles.